The first-order valence-corrected chi connectivity index (χ1v) is 13.3. The first-order chi connectivity index (χ1) is 18.7. The van der Waals surface area contributed by atoms with Gasteiger partial charge in [-0.15, -0.1) is 0 Å². The predicted molar refractivity (Wildman–Crippen MR) is 147 cm³/mol. The number of phenolic OH excluding ortho intramolecular Hbond substituents is 2. The molecule has 0 spiro atoms. The Labute approximate surface area is 228 Å². The minimum Gasteiger partial charge on any atom is -0.508 e. The van der Waals surface area contributed by atoms with Gasteiger partial charge in [-0.05, 0) is 54.9 Å². The molecule has 0 saturated carbocycles. The van der Waals surface area contributed by atoms with Crippen LogP contribution in [0.4, 0.5) is 9.18 Å². The topological polar surface area (TPSA) is 84.3 Å². The van der Waals surface area contributed by atoms with Gasteiger partial charge in [0.1, 0.15) is 17.3 Å². The molecule has 0 aromatic heterocycles. The van der Waals surface area contributed by atoms with E-state index < -0.39 is 17.8 Å². The van der Waals surface area contributed by atoms with Crippen molar-refractivity contribution in [3.8, 4) is 11.5 Å². The van der Waals surface area contributed by atoms with Crippen molar-refractivity contribution >= 4 is 11.8 Å². The summed E-state index contributed by atoms with van der Waals surface area (Å²) >= 11 is 0. The normalized spacial score (nSPS) is 22.1. The van der Waals surface area contributed by atoms with Gasteiger partial charge in [-0.3, -0.25) is 4.79 Å². The molecule has 0 aliphatic carbocycles. The van der Waals surface area contributed by atoms with Crippen LogP contribution >= 0.6 is 0 Å². The molecule has 3 atom stereocenters. The molecule has 0 bridgehead atoms. The number of piperidine rings is 1. The molecule has 2 saturated heterocycles. The van der Waals surface area contributed by atoms with Crippen molar-refractivity contribution < 1.29 is 24.2 Å². The number of Topliss-reactive ketones (excluding diaryl/α,β-unsaturated/α-hetero) is 1. The molecule has 2 heterocycles. The van der Waals surface area contributed by atoms with Crippen LogP contribution < -0.4 is 0 Å². The van der Waals surface area contributed by atoms with Crippen molar-refractivity contribution in [1.29, 1.82) is 0 Å². The zero-order valence-electron chi connectivity index (χ0n) is 22.3. The zero-order valence-corrected chi connectivity index (χ0v) is 22.3. The zero-order chi connectivity index (χ0) is 27.7. The molecule has 8 heteroatoms. The number of halogens is 1. The molecule has 2 N–H and O–H groups in total. The van der Waals surface area contributed by atoms with E-state index in [1.807, 2.05) is 24.1 Å². The largest absolute Gasteiger partial charge is 0.508 e. The van der Waals surface area contributed by atoms with Gasteiger partial charge in [0.15, 0.2) is 5.78 Å². The molecule has 0 radical (unpaired) electrons. The first kappa shape index (κ1) is 26.7. The molecule has 2 aliphatic heterocycles. The number of ketones is 1. The Kier molecular flexibility index (Phi) is 7.57. The van der Waals surface area contributed by atoms with Crippen LogP contribution in [0.1, 0.15) is 38.9 Å². The second kappa shape index (κ2) is 11.1. The van der Waals surface area contributed by atoms with Crippen LogP contribution in [-0.4, -0.2) is 83.0 Å². The fraction of sp³-hybridized carbons (Fsp3) is 0.355. The van der Waals surface area contributed by atoms with Crippen molar-refractivity contribution in [3.63, 3.8) is 0 Å². The Hall–Kier alpha value is -3.91. The number of carbonyl (C=O) groups is 2. The number of amides is 2. The maximum absolute atomic E-state index is 14.9. The van der Waals surface area contributed by atoms with Crippen LogP contribution in [0.5, 0.6) is 11.5 Å². The van der Waals surface area contributed by atoms with E-state index in [-0.39, 0.29) is 42.2 Å². The third-order valence-corrected chi connectivity index (χ3v) is 8.22. The van der Waals surface area contributed by atoms with E-state index in [9.17, 15) is 24.2 Å². The van der Waals surface area contributed by atoms with E-state index >= 15 is 0 Å². The van der Waals surface area contributed by atoms with Gasteiger partial charge >= 0.3 is 6.03 Å². The molecule has 7 nitrogen and oxygen atoms in total. The van der Waals surface area contributed by atoms with E-state index in [1.54, 1.807) is 48.2 Å². The number of benzene rings is 3. The molecule has 0 unspecified atom stereocenters. The molecule has 3 aromatic rings. The number of likely N-dealkylation sites (tertiary alicyclic amines) is 1. The summed E-state index contributed by atoms with van der Waals surface area (Å²) in [4.78, 5) is 33.6. The summed E-state index contributed by atoms with van der Waals surface area (Å²) in [6.07, 6.45) is 0. The molecule has 3 aromatic carbocycles. The van der Waals surface area contributed by atoms with E-state index in [1.165, 1.54) is 18.2 Å². The number of hydrogen-bond acceptors (Lipinski definition) is 5. The number of aromatic hydroxyl groups is 2. The Morgan fingerprint density at radius 1 is 0.846 bits per heavy atom. The lowest BCUT2D eigenvalue weighted by molar-refractivity contribution is 0.0706. The summed E-state index contributed by atoms with van der Waals surface area (Å²) in [5, 5.41) is 21.0. The Morgan fingerprint density at radius 2 is 1.54 bits per heavy atom. The fourth-order valence-electron chi connectivity index (χ4n) is 6.04. The average Bonchev–Trinajstić information content (AvgIpc) is 2.94. The highest BCUT2D eigenvalue weighted by Gasteiger charge is 2.46. The minimum absolute atomic E-state index is 0.0298. The number of phenols is 2. The maximum Gasteiger partial charge on any atom is 0.320 e. The van der Waals surface area contributed by atoms with Crippen molar-refractivity contribution in [3.05, 3.63) is 94.8 Å². The van der Waals surface area contributed by atoms with Crippen LogP contribution in [0, 0.1) is 18.7 Å². The van der Waals surface area contributed by atoms with Crippen LogP contribution in [0.3, 0.4) is 0 Å². The highest BCUT2D eigenvalue weighted by Crippen LogP contribution is 2.47. The number of urea groups is 1. The number of nitrogens with zero attached hydrogens (tertiary/aromatic N) is 3. The lowest BCUT2D eigenvalue weighted by Crippen LogP contribution is -2.56. The molecular formula is C31H34FN3O4. The second-order valence-electron chi connectivity index (χ2n) is 10.6. The minimum atomic E-state index is -0.734. The number of carbonyl (C=O) groups excluding carboxylic acids is 2. The standard InChI is InChI=1S/C31H34FN3O4/c1-20-23(10-6-11-27(20)32)29-25(24-9-3-4-12-28(24)37)18-35(31(39)34-15-13-33(2)14-16-34)19-26(29)30(38)21-7-5-8-22(36)17-21/h3-12,17,25-26,29,36-37H,13-16,18-19H2,1-2H3/t25-,26+,29-/m1/s1. The molecular weight excluding hydrogens is 497 g/mol. The van der Waals surface area contributed by atoms with Crippen molar-refractivity contribution in [1.82, 2.24) is 14.7 Å². The van der Waals surface area contributed by atoms with E-state index in [0.717, 1.165) is 13.1 Å². The Morgan fingerprint density at radius 3 is 2.26 bits per heavy atom. The van der Waals surface area contributed by atoms with Crippen molar-refractivity contribution in [2.45, 2.75) is 18.8 Å². The average molecular weight is 532 g/mol. The summed E-state index contributed by atoms with van der Waals surface area (Å²) in [6.45, 7) is 4.82. The molecule has 39 heavy (non-hydrogen) atoms. The third-order valence-electron chi connectivity index (χ3n) is 8.22. The van der Waals surface area contributed by atoms with Gasteiger partial charge in [0, 0.05) is 62.6 Å². The predicted octanol–water partition coefficient (Wildman–Crippen LogP) is 4.59. The number of piperazine rings is 1. The van der Waals surface area contributed by atoms with Gasteiger partial charge in [-0.2, -0.15) is 0 Å². The van der Waals surface area contributed by atoms with Crippen LogP contribution in [0.2, 0.25) is 0 Å². The highest BCUT2D eigenvalue weighted by atomic mass is 19.1. The number of rotatable bonds is 4. The second-order valence-corrected chi connectivity index (χ2v) is 10.6. The summed E-state index contributed by atoms with van der Waals surface area (Å²) in [7, 11) is 2.02. The quantitative estimate of drug-likeness (QED) is 0.481. The van der Waals surface area contributed by atoms with Crippen LogP contribution in [0.15, 0.2) is 66.7 Å². The first-order valence-electron chi connectivity index (χ1n) is 13.3. The van der Waals surface area contributed by atoms with Gasteiger partial charge in [0.25, 0.3) is 0 Å². The Bertz CT molecular complexity index is 1370. The van der Waals surface area contributed by atoms with E-state index in [0.29, 0.717) is 35.3 Å². The van der Waals surface area contributed by atoms with Crippen molar-refractivity contribution in [2.75, 3.05) is 46.3 Å². The van der Waals surface area contributed by atoms with Gasteiger partial charge in [0.2, 0.25) is 0 Å². The fourth-order valence-corrected chi connectivity index (χ4v) is 6.04. The highest BCUT2D eigenvalue weighted by molar-refractivity contribution is 5.99. The van der Waals surface area contributed by atoms with E-state index in [4.69, 9.17) is 0 Å². The molecule has 2 aliphatic rings. The summed E-state index contributed by atoms with van der Waals surface area (Å²) in [5.74, 6) is -2.29. The molecule has 204 valence electrons. The number of likely N-dealkylation sites (N-methyl/N-ethyl adjacent to an activating group) is 1. The molecule has 2 amide bonds. The lowest BCUT2D eigenvalue weighted by Gasteiger charge is -2.46. The number of para-hydroxylation sites is 1. The summed E-state index contributed by atoms with van der Waals surface area (Å²) in [6, 6.07) is 17.8. The van der Waals surface area contributed by atoms with Crippen LogP contribution in [0.25, 0.3) is 0 Å². The number of hydrogen-bond donors (Lipinski definition) is 2. The van der Waals surface area contributed by atoms with E-state index in [2.05, 4.69) is 4.90 Å². The SMILES string of the molecule is Cc1c(F)cccc1[C@H]1[C@@H](C(=O)c2cccc(O)c2)CN(C(=O)N2CCN(C)CC2)C[C@@H]1c1ccccc1O. The maximum atomic E-state index is 14.9. The van der Waals surface area contributed by atoms with Gasteiger partial charge in [-0.25, -0.2) is 9.18 Å². The molecule has 2 fully saturated rings. The molecule has 5 rings (SSSR count). The Balaban J connectivity index is 1.63. The smallest absolute Gasteiger partial charge is 0.320 e. The van der Waals surface area contributed by atoms with Gasteiger partial charge < -0.3 is 24.9 Å². The summed E-state index contributed by atoms with van der Waals surface area (Å²) in [5.41, 5.74) is 2.05. The monoisotopic (exact) mass is 531 g/mol. The van der Waals surface area contributed by atoms with Crippen LogP contribution in [-0.2, 0) is 0 Å². The van der Waals surface area contributed by atoms with Gasteiger partial charge in [0.05, 0.1) is 0 Å². The third kappa shape index (κ3) is 5.34. The van der Waals surface area contributed by atoms with Gasteiger partial charge in [-0.1, -0.05) is 42.5 Å². The van der Waals surface area contributed by atoms with Crippen molar-refractivity contribution in [2.24, 2.45) is 5.92 Å². The lowest BCUT2D eigenvalue weighted by atomic mass is 9.67. The summed E-state index contributed by atoms with van der Waals surface area (Å²) < 4.78 is 14.9.